The number of ketones is 1. The first-order valence-corrected chi connectivity index (χ1v) is 7.97. The third kappa shape index (κ3) is 3.67. The van der Waals surface area contributed by atoms with Crippen molar-refractivity contribution in [3.8, 4) is 5.75 Å². The maximum atomic E-state index is 12.5. The fraction of sp³-hybridized carbons (Fsp3) is 0.385. The van der Waals surface area contributed by atoms with Crippen molar-refractivity contribution in [2.75, 3.05) is 13.7 Å². The molecule has 2 aromatic rings. The van der Waals surface area contributed by atoms with Crippen LogP contribution in [-0.2, 0) is 14.9 Å². The Morgan fingerprint density at radius 2 is 2.08 bits per heavy atom. The summed E-state index contributed by atoms with van der Waals surface area (Å²) in [5.41, 5.74) is -5.71. The van der Waals surface area contributed by atoms with Crippen LogP contribution in [0.15, 0.2) is 22.9 Å². The highest BCUT2D eigenvalue weighted by atomic mass is 32.2. The minimum absolute atomic E-state index is 0.0695. The van der Waals surface area contributed by atoms with Crippen LogP contribution in [-0.4, -0.2) is 38.4 Å². The van der Waals surface area contributed by atoms with E-state index >= 15 is 0 Å². The van der Waals surface area contributed by atoms with E-state index in [4.69, 9.17) is 9.15 Å². The number of aromatic nitrogens is 1. The number of alkyl halides is 3. The highest BCUT2D eigenvalue weighted by Gasteiger charge is 2.49. The molecule has 0 aromatic carbocycles. The van der Waals surface area contributed by atoms with Gasteiger partial charge in [0.05, 0.1) is 11.6 Å². The number of rotatable bonds is 7. The third-order valence-corrected chi connectivity index (χ3v) is 3.88. The van der Waals surface area contributed by atoms with Gasteiger partial charge in [0, 0.05) is 26.3 Å². The molecule has 0 amide bonds. The first-order chi connectivity index (χ1) is 11.2. The van der Waals surface area contributed by atoms with E-state index < -0.39 is 32.9 Å². The van der Waals surface area contributed by atoms with Crippen molar-refractivity contribution in [3.63, 3.8) is 0 Å². The Bertz CT molecular complexity index is 843. The first kappa shape index (κ1) is 18.2. The lowest BCUT2D eigenvalue weighted by Gasteiger charge is -2.09. The minimum atomic E-state index is -5.95. The SMILES string of the molecule is COCCCC(=O)c1oc2cnccc2c1OS(=O)(=O)C(F)(F)F. The van der Waals surface area contributed by atoms with Gasteiger partial charge in [-0.25, -0.2) is 0 Å². The zero-order valence-corrected chi connectivity index (χ0v) is 13.1. The second kappa shape index (κ2) is 6.77. The summed E-state index contributed by atoms with van der Waals surface area (Å²) in [7, 11) is -4.53. The van der Waals surface area contributed by atoms with Crippen molar-refractivity contribution in [1.82, 2.24) is 4.98 Å². The van der Waals surface area contributed by atoms with Crippen molar-refractivity contribution in [2.45, 2.75) is 18.3 Å². The summed E-state index contributed by atoms with van der Waals surface area (Å²) in [4.78, 5) is 15.8. The van der Waals surface area contributed by atoms with Crippen molar-refractivity contribution in [1.29, 1.82) is 0 Å². The standard InChI is InChI=1S/C13H12F3NO6S/c1-21-6-2-3-9(18)12-11(23-24(19,20)13(14,15)16)8-4-5-17-7-10(8)22-12/h4-5,7H,2-3,6H2,1H3. The predicted molar refractivity (Wildman–Crippen MR) is 75.1 cm³/mol. The van der Waals surface area contributed by atoms with Gasteiger partial charge in [-0.1, -0.05) is 0 Å². The van der Waals surface area contributed by atoms with Gasteiger partial charge in [-0.15, -0.1) is 0 Å². The van der Waals surface area contributed by atoms with Gasteiger partial charge in [-0.3, -0.25) is 9.78 Å². The van der Waals surface area contributed by atoms with Crippen LogP contribution in [0.1, 0.15) is 23.4 Å². The molecule has 0 N–H and O–H groups in total. The average Bonchev–Trinajstić information content (AvgIpc) is 2.85. The Kier molecular flexibility index (Phi) is 5.13. The topological polar surface area (TPSA) is 95.7 Å². The molecule has 7 nitrogen and oxygen atoms in total. The van der Waals surface area contributed by atoms with Gasteiger partial charge in [-0.05, 0) is 12.5 Å². The van der Waals surface area contributed by atoms with E-state index in [1.807, 2.05) is 0 Å². The maximum Gasteiger partial charge on any atom is 0.534 e. The summed E-state index contributed by atoms with van der Waals surface area (Å²) in [6.07, 6.45) is 2.48. The van der Waals surface area contributed by atoms with Crippen LogP contribution in [0.4, 0.5) is 13.2 Å². The molecule has 24 heavy (non-hydrogen) atoms. The van der Waals surface area contributed by atoms with Crippen molar-refractivity contribution in [2.24, 2.45) is 0 Å². The van der Waals surface area contributed by atoms with Gasteiger partial charge >= 0.3 is 15.6 Å². The molecule has 0 bridgehead atoms. The quantitative estimate of drug-likeness (QED) is 0.321. The monoisotopic (exact) mass is 367 g/mol. The van der Waals surface area contributed by atoms with Gasteiger partial charge in [0.2, 0.25) is 11.5 Å². The summed E-state index contributed by atoms with van der Waals surface area (Å²) in [5, 5.41) is -0.104. The van der Waals surface area contributed by atoms with E-state index in [-0.39, 0.29) is 30.4 Å². The number of Topliss-reactive ketones (excluding diaryl/α,β-unsaturated/α-hetero) is 1. The lowest BCUT2D eigenvalue weighted by atomic mass is 10.1. The molecule has 0 aliphatic heterocycles. The molecule has 2 aromatic heterocycles. The lowest BCUT2D eigenvalue weighted by molar-refractivity contribution is -0.0500. The molecule has 0 saturated carbocycles. The molecule has 0 aliphatic carbocycles. The normalized spacial score (nSPS) is 12.5. The van der Waals surface area contributed by atoms with Crippen LogP contribution in [0.2, 0.25) is 0 Å². The molecule has 0 saturated heterocycles. The van der Waals surface area contributed by atoms with E-state index in [2.05, 4.69) is 9.17 Å². The van der Waals surface area contributed by atoms with E-state index in [0.717, 1.165) is 6.20 Å². The number of nitrogens with zero attached hydrogens (tertiary/aromatic N) is 1. The van der Waals surface area contributed by atoms with E-state index in [9.17, 15) is 26.4 Å². The number of hydrogen-bond acceptors (Lipinski definition) is 7. The molecule has 0 radical (unpaired) electrons. The Labute approximate surface area is 134 Å². The smallest absolute Gasteiger partial charge is 0.447 e. The number of carbonyl (C=O) groups is 1. The second-order valence-corrected chi connectivity index (χ2v) is 6.17. The molecular weight excluding hydrogens is 355 g/mol. The van der Waals surface area contributed by atoms with Gasteiger partial charge in [0.15, 0.2) is 11.3 Å². The van der Waals surface area contributed by atoms with Gasteiger partial charge in [0.1, 0.15) is 0 Å². The zero-order valence-electron chi connectivity index (χ0n) is 12.3. The Morgan fingerprint density at radius 1 is 1.38 bits per heavy atom. The molecule has 2 heterocycles. The highest BCUT2D eigenvalue weighted by molar-refractivity contribution is 7.88. The van der Waals surface area contributed by atoms with Crippen LogP contribution in [0.3, 0.4) is 0 Å². The number of carbonyl (C=O) groups excluding carboxylic acids is 1. The van der Waals surface area contributed by atoms with Crippen molar-refractivity contribution < 1.29 is 39.7 Å². The van der Waals surface area contributed by atoms with Crippen LogP contribution >= 0.6 is 0 Å². The summed E-state index contributed by atoms with van der Waals surface area (Å²) in [6, 6.07) is 1.19. The van der Waals surface area contributed by atoms with Gasteiger partial charge in [0.25, 0.3) is 0 Å². The molecule has 132 valence electrons. The molecule has 0 aliphatic rings. The van der Waals surface area contributed by atoms with Crippen LogP contribution < -0.4 is 4.18 Å². The molecule has 0 spiro atoms. The lowest BCUT2D eigenvalue weighted by Crippen LogP contribution is -2.28. The number of methoxy groups -OCH3 is 1. The molecular formula is C13H12F3NO6S. The maximum absolute atomic E-state index is 12.5. The summed E-state index contributed by atoms with van der Waals surface area (Å²) in [5.74, 6) is -2.12. The van der Waals surface area contributed by atoms with Crippen LogP contribution in [0, 0.1) is 0 Å². The number of furan rings is 1. The first-order valence-electron chi connectivity index (χ1n) is 6.57. The number of ether oxygens (including phenoxy) is 1. The minimum Gasteiger partial charge on any atom is -0.447 e. The number of pyridine rings is 1. The number of hydrogen-bond donors (Lipinski definition) is 0. The molecule has 0 unspecified atom stereocenters. The summed E-state index contributed by atoms with van der Waals surface area (Å²) in [6.45, 7) is 0.241. The summed E-state index contributed by atoms with van der Waals surface area (Å²) < 4.78 is 74.2. The Hall–Kier alpha value is -2.14. The Balaban J connectivity index is 2.46. The van der Waals surface area contributed by atoms with E-state index in [1.54, 1.807) is 0 Å². The Morgan fingerprint density at radius 3 is 2.71 bits per heavy atom. The molecule has 11 heteroatoms. The van der Waals surface area contributed by atoms with Crippen molar-refractivity contribution >= 4 is 26.9 Å². The number of halogens is 3. The molecule has 0 fully saturated rings. The van der Waals surface area contributed by atoms with Gasteiger partial charge < -0.3 is 13.3 Å². The largest absolute Gasteiger partial charge is 0.534 e. The summed E-state index contributed by atoms with van der Waals surface area (Å²) >= 11 is 0. The zero-order chi connectivity index (χ0) is 18.0. The van der Waals surface area contributed by atoms with Crippen LogP contribution in [0.5, 0.6) is 5.75 Å². The fourth-order valence-electron chi connectivity index (χ4n) is 1.84. The fourth-order valence-corrected chi connectivity index (χ4v) is 2.32. The number of fused-ring (bicyclic) bond motifs is 1. The van der Waals surface area contributed by atoms with Crippen LogP contribution in [0.25, 0.3) is 11.0 Å². The predicted octanol–water partition coefficient (Wildman–Crippen LogP) is 2.67. The van der Waals surface area contributed by atoms with Crippen molar-refractivity contribution in [3.05, 3.63) is 24.2 Å². The molecule has 2 rings (SSSR count). The third-order valence-electron chi connectivity index (χ3n) is 2.93. The average molecular weight is 367 g/mol. The highest BCUT2D eigenvalue weighted by Crippen LogP contribution is 2.37. The van der Waals surface area contributed by atoms with Gasteiger partial charge in [-0.2, -0.15) is 21.6 Å². The molecule has 0 atom stereocenters. The van der Waals surface area contributed by atoms with E-state index in [0.29, 0.717) is 0 Å². The second-order valence-electron chi connectivity index (χ2n) is 4.63. The van der Waals surface area contributed by atoms with E-state index in [1.165, 1.54) is 19.4 Å².